The highest BCUT2D eigenvalue weighted by Gasteiger charge is 2.24. The Balaban J connectivity index is 1.80. The van der Waals surface area contributed by atoms with Gasteiger partial charge in [0.25, 0.3) is 0 Å². The van der Waals surface area contributed by atoms with Crippen molar-refractivity contribution in [3.63, 3.8) is 0 Å². The Hall–Kier alpha value is -3.56. The molecule has 0 amide bonds. The summed E-state index contributed by atoms with van der Waals surface area (Å²) in [5.41, 5.74) is 2.79. The van der Waals surface area contributed by atoms with E-state index in [9.17, 15) is 0 Å². The molecule has 0 aromatic carbocycles. The molecule has 0 saturated carbocycles. The Morgan fingerprint density at radius 3 is 2.66 bits per heavy atom. The molecule has 29 heavy (non-hydrogen) atoms. The number of pyridine rings is 1. The van der Waals surface area contributed by atoms with E-state index in [-0.39, 0.29) is 5.41 Å². The predicted octanol–water partition coefficient (Wildman–Crippen LogP) is 2.20. The Labute approximate surface area is 167 Å². The molecule has 10 nitrogen and oxygen atoms in total. The molecule has 0 bridgehead atoms. The summed E-state index contributed by atoms with van der Waals surface area (Å²) in [5, 5.41) is 21.1. The van der Waals surface area contributed by atoms with E-state index in [0.717, 1.165) is 11.3 Å². The molecule has 4 aromatic heterocycles. The number of rotatable bonds is 5. The first-order chi connectivity index (χ1) is 13.9. The van der Waals surface area contributed by atoms with Crippen LogP contribution in [0.15, 0.2) is 30.5 Å². The van der Waals surface area contributed by atoms with Crippen LogP contribution in [0, 0.1) is 0 Å². The summed E-state index contributed by atoms with van der Waals surface area (Å²) in [6, 6.07) is 7.40. The standard InChI is InChI=1S/C19H22N8O2/c1-19(2,3)13-9-15-22-23-17(14-7-6-8-16(21-14)28-5)27(15)24-18(13)29-11-12-10-20-25-26(12)4/h6-10H,11H2,1-5H3. The molecule has 0 spiro atoms. The van der Waals surface area contributed by atoms with Gasteiger partial charge in [0.1, 0.15) is 12.3 Å². The number of fused-ring (bicyclic) bond motifs is 1. The molecule has 0 N–H and O–H groups in total. The van der Waals surface area contributed by atoms with Gasteiger partial charge in [0.15, 0.2) is 5.65 Å². The minimum absolute atomic E-state index is 0.199. The minimum Gasteiger partial charge on any atom is -0.481 e. The highest BCUT2D eigenvalue weighted by Crippen LogP contribution is 2.32. The number of aromatic nitrogens is 8. The zero-order valence-corrected chi connectivity index (χ0v) is 17.0. The molecule has 0 aliphatic rings. The van der Waals surface area contributed by atoms with Crippen LogP contribution < -0.4 is 9.47 Å². The van der Waals surface area contributed by atoms with Crippen molar-refractivity contribution in [3.05, 3.63) is 41.7 Å². The summed E-state index contributed by atoms with van der Waals surface area (Å²) in [6.45, 7) is 6.58. The van der Waals surface area contributed by atoms with Crippen LogP contribution in [0.4, 0.5) is 0 Å². The molecule has 4 heterocycles. The van der Waals surface area contributed by atoms with Crippen molar-refractivity contribution in [2.45, 2.75) is 32.8 Å². The fraction of sp³-hybridized carbons (Fsp3) is 0.368. The first-order valence-corrected chi connectivity index (χ1v) is 9.11. The number of nitrogens with zero attached hydrogens (tertiary/aromatic N) is 8. The van der Waals surface area contributed by atoms with E-state index in [2.05, 4.69) is 46.3 Å². The summed E-state index contributed by atoms with van der Waals surface area (Å²) in [4.78, 5) is 4.44. The molecular formula is C19H22N8O2. The second-order valence-electron chi connectivity index (χ2n) is 7.61. The first kappa shape index (κ1) is 18.8. The van der Waals surface area contributed by atoms with Crippen molar-refractivity contribution < 1.29 is 9.47 Å². The van der Waals surface area contributed by atoms with E-state index in [4.69, 9.17) is 14.6 Å². The number of hydrogen-bond donors (Lipinski definition) is 0. The van der Waals surface area contributed by atoms with Gasteiger partial charge in [-0.15, -0.1) is 20.4 Å². The van der Waals surface area contributed by atoms with Crippen LogP contribution in [0.2, 0.25) is 0 Å². The molecule has 0 saturated heterocycles. The highest BCUT2D eigenvalue weighted by atomic mass is 16.5. The average Bonchev–Trinajstić information content (AvgIpc) is 3.30. The van der Waals surface area contributed by atoms with Crippen LogP contribution in [-0.4, -0.2) is 46.9 Å². The van der Waals surface area contributed by atoms with Crippen LogP contribution >= 0.6 is 0 Å². The highest BCUT2D eigenvalue weighted by molar-refractivity contribution is 5.57. The second-order valence-corrected chi connectivity index (χ2v) is 7.61. The van der Waals surface area contributed by atoms with Gasteiger partial charge in [0.2, 0.25) is 17.6 Å². The first-order valence-electron chi connectivity index (χ1n) is 9.11. The average molecular weight is 394 g/mol. The van der Waals surface area contributed by atoms with Crippen LogP contribution in [-0.2, 0) is 19.1 Å². The van der Waals surface area contributed by atoms with E-state index < -0.39 is 0 Å². The summed E-state index contributed by atoms with van der Waals surface area (Å²) in [7, 11) is 3.39. The molecule has 0 fully saturated rings. The van der Waals surface area contributed by atoms with Gasteiger partial charge in [-0.25, -0.2) is 9.67 Å². The monoisotopic (exact) mass is 394 g/mol. The van der Waals surface area contributed by atoms with Crippen molar-refractivity contribution >= 4 is 5.65 Å². The Bertz CT molecular complexity index is 1160. The third kappa shape index (κ3) is 3.60. The summed E-state index contributed by atoms with van der Waals surface area (Å²) in [6.07, 6.45) is 1.67. The van der Waals surface area contributed by atoms with Crippen molar-refractivity contribution in [1.82, 2.24) is 39.8 Å². The summed E-state index contributed by atoms with van der Waals surface area (Å²) < 4.78 is 14.6. The van der Waals surface area contributed by atoms with E-state index >= 15 is 0 Å². The van der Waals surface area contributed by atoms with Gasteiger partial charge in [-0.2, -0.15) is 4.52 Å². The fourth-order valence-electron chi connectivity index (χ4n) is 2.86. The Morgan fingerprint density at radius 1 is 1.14 bits per heavy atom. The Morgan fingerprint density at radius 2 is 1.97 bits per heavy atom. The number of methoxy groups -OCH3 is 1. The quantitative estimate of drug-likeness (QED) is 0.507. The third-order valence-electron chi connectivity index (χ3n) is 4.49. The molecule has 0 unspecified atom stereocenters. The maximum atomic E-state index is 6.07. The van der Waals surface area contributed by atoms with Crippen LogP contribution in [0.5, 0.6) is 11.8 Å². The van der Waals surface area contributed by atoms with Gasteiger partial charge >= 0.3 is 0 Å². The molecule has 4 rings (SSSR count). The van der Waals surface area contributed by atoms with Gasteiger partial charge in [0.05, 0.1) is 19.0 Å². The van der Waals surface area contributed by atoms with Gasteiger partial charge in [-0.1, -0.05) is 32.1 Å². The maximum absolute atomic E-state index is 6.07. The fourth-order valence-corrected chi connectivity index (χ4v) is 2.86. The summed E-state index contributed by atoms with van der Waals surface area (Å²) in [5.74, 6) is 1.49. The van der Waals surface area contributed by atoms with Crippen LogP contribution in [0.1, 0.15) is 32.0 Å². The van der Waals surface area contributed by atoms with E-state index in [0.29, 0.717) is 35.5 Å². The Kier molecular flexibility index (Phi) is 4.61. The van der Waals surface area contributed by atoms with Gasteiger partial charge in [-0.3, -0.25) is 0 Å². The molecule has 0 aliphatic heterocycles. The normalized spacial score (nSPS) is 11.8. The van der Waals surface area contributed by atoms with Gasteiger partial charge in [0, 0.05) is 18.7 Å². The maximum Gasteiger partial charge on any atom is 0.236 e. The zero-order chi connectivity index (χ0) is 20.6. The SMILES string of the molecule is COc1cccc(-c2nnc3cc(C(C)(C)C)c(OCc4cnnn4C)nn23)n1. The number of hydrogen-bond acceptors (Lipinski definition) is 8. The van der Waals surface area contributed by atoms with Crippen LogP contribution in [0.25, 0.3) is 17.2 Å². The van der Waals surface area contributed by atoms with E-state index in [1.165, 1.54) is 0 Å². The van der Waals surface area contributed by atoms with Crippen molar-refractivity contribution in [2.75, 3.05) is 7.11 Å². The lowest BCUT2D eigenvalue weighted by Crippen LogP contribution is -2.17. The minimum atomic E-state index is -0.199. The lowest BCUT2D eigenvalue weighted by atomic mass is 9.88. The van der Waals surface area contributed by atoms with Gasteiger partial charge in [-0.05, 0) is 17.5 Å². The molecule has 0 radical (unpaired) electrons. The van der Waals surface area contributed by atoms with Crippen molar-refractivity contribution in [2.24, 2.45) is 7.05 Å². The molecular weight excluding hydrogens is 372 g/mol. The second kappa shape index (κ2) is 7.12. The lowest BCUT2D eigenvalue weighted by molar-refractivity contribution is 0.270. The molecule has 0 atom stereocenters. The third-order valence-corrected chi connectivity index (χ3v) is 4.49. The van der Waals surface area contributed by atoms with Gasteiger partial charge < -0.3 is 9.47 Å². The van der Waals surface area contributed by atoms with E-state index in [1.54, 1.807) is 28.6 Å². The van der Waals surface area contributed by atoms with Crippen molar-refractivity contribution in [1.29, 1.82) is 0 Å². The smallest absolute Gasteiger partial charge is 0.236 e. The molecule has 10 heteroatoms. The number of ether oxygens (including phenoxy) is 2. The van der Waals surface area contributed by atoms with E-state index in [1.807, 2.05) is 25.2 Å². The molecule has 0 aliphatic carbocycles. The van der Waals surface area contributed by atoms with Crippen molar-refractivity contribution in [3.8, 4) is 23.3 Å². The predicted molar refractivity (Wildman–Crippen MR) is 105 cm³/mol. The number of aryl methyl sites for hydroxylation is 1. The molecule has 4 aromatic rings. The topological polar surface area (TPSA) is 105 Å². The summed E-state index contributed by atoms with van der Waals surface area (Å²) >= 11 is 0. The zero-order valence-electron chi connectivity index (χ0n) is 17.0. The molecule has 150 valence electrons. The largest absolute Gasteiger partial charge is 0.481 e. The van der Waals surface area contributed by atoms with Crippen LogP contribution in [0.3, 0.4) is 0 Å². The lowest BCUT2D eigenvalue weighted by Gasteiger charge is -2.21.